The molecule has 0 atom stereocenters. The maximum atomic E-state index is 12.7. The van der Waals surface area contributed by atoms with Crippen LogP contribution in [0.2, 0.25) is 0 Å². The van der Waals surface area contributed by atoms with Crippen LogP contribution in [0.1, 0.15) is 25.5 Å². The molecule has 0 saturated heterocycles. The molecule has 0 aliphatic rings. The Labute approximate surface area is 117 Å². The molecule has 4 nitrogen and oxygen atoms in total. The average molecular weight is 316 g/mol. The molecule has 21 heavy (non-hydrogen) atoms. The van der Waals surface area contributed by atoms with Crippen molar-refractivity contribution in [3.8, 4) is 0 Å². The molecule has 120 valence electrons. The van der Waals surface area contributed by atoms with Gasteiger partial charge in [0.15, 0.2) is 5.69 Å². The minimum atomic E-state index is -4.70. The number of rotatable bonds is 6. The molecule has 0 radical (unpaired) electrons. The first-order valence-electron chi connectivity index (χ1n) is 6.12. The van der Waals surface area contributed by atoms with Gasteiger partial charge in [-0.3, -0.25) is 0 Å². The zero-order chi connectivity index (χ0) is 16.1. The number of nitrogens with zero attached hydrogens (tertiary/aromatic N) is 2. The van der Waals surface area contributed by atoms with Crippen LogP contribution in [0.3, 0.4) is 0 Å². The molecular weight excluding hydrogens is 302 g/mol. The van der Waals surface area contributed by atoms with E-state index in [1.54, 1.807) is 6.92 Å². The van der Waals surface area contributed by atoms with Crippen molar-refractivity contribution in [1.82, 2.24) is 9.97 Å². The SMILES string of the molecule is CCCNc1nc(NCCC(F)(F)F)cc(C(F)(F)F)n1. The lowest BCUT2D eigenvalue weighted by atomic mass is 10.3. The fraction of sp³-hybridized carbons (Fsp3) is 0.636. The van der Waals surface area contributed by atoms with E-state index in [2.05, 4.69) is 20.6 Å². The van der Waals surface area contributed by atoms with Crippen LogP contribution in [0.25, 0.3) is 0 Å². The van der Waals surface area contributed by atoms with E-state index in [0.717, 1.165) is 0 Å². The van der Waals surface area contributed by atoms with Crippen molar-refractivity contribution in [2.45, 2.75) is 32.1 Å². The number of hydrogen-bond acceptors (Lipinski definition) is 4. The molecule has 1 heterocycles. The fourth-order valence-corrected chi connectivity index (χ4v) is 1.33. The van der Waals surface area contributed by atoms with Gasteiger partial charge in [-0.05, 0) is 6.42 Å². The minimum Gasteiger partial charge on any atom is -0.370 e. The highest BCUT2D eigenvalue weighted by atomic mass is 19.4. The molecule has 0 spiro atoms. The normalized spacial score (nSPS) is 12.3. The third-order valence-corrected chi connectivity index (χ3v) is 2.26. The van der Waals surface area contributed by atoms with Crippen LogP contribution >= 0.6 is 0 Å². The van der Waals surface area contributed by atoms with Gasteiger partial charge in [0.25, 0.3) is 0 Å². The predicted octanol–water partition coefficient (Wildman–Crippen LogP) is 3.68. The predicted molar refractivity (Wildman–Crippen MR) is 65.0 cm³/mol. The molecule has 10 heteroatoms. The van der Waals surface area contributed by atoms with Gasteiger partial charge in [0.2, 0.25) is 5.95 Å². The number of halogens is 6. The Bertz CT molecular complexity index is 457. The lowest BCUT2D eigenvalue weighted by Crippen LogP contribution is -2.17. The van der Waals surface area contributed by atoms with E-state index < -0.39 is 31.0 Å². The molecule has 2 N–H and O–H groups in total. The third kappa shape index (κ3) is 6.50. The highest BCUT2D eigenvalue weighted by Crippen LogP contribution is 2.29. The summed E-state index contributed by atoms with van der Waals surface area (Å²) in [4.78, 5) is 6.99. The van der Waals surface area contributed by atoms with E-state index in [1.165, 1.54) is 0 Å². The third-order valence-electron chi connectivity index (χ3n) is 2.26. The Morgan fingerprint density at radius 3 is 2.19 bits per heavy atom. The first-order chi connectivity index (χ1) is 9.62. The molecule has 0 aliphatic heterocycles. The Hall–Kier alpha value is -1.74. The molecule has 0 fully saturated rings. The summed E-state index contributed by atoms with van der Waals surface area (Å²) in [5, 5.41) is 4.79. The van der Waals surface area contributed by atoms with Crippen molar-refractivity contribution in [3.63, 3.8) is 0 Å². The molecule has 0 bridgehead atoms. The lowest BCUT2D eigenvalue weighted by Gasteiger charge is -2.13. The first-order valence-corrected chi connectivity index (χ1v) is 6.12. The summed E-state index contributed by atoms with van der Waals surface area (Å²) >= 11 is 0. The standard InChI is InChI=1S/C11H14F6N4/c1-2-4-19-9-20-7(11(15,16)17)6-8(21-9)18-5-3-10(12,13)14/h6H,2-5H2,1H3,(H2,18,19,20,21). The fourth-order valence-electron chi connectivity index (χ4n) is 1.33. The summed E-state index contributed by atoms with van der Waals surface area (Å²) in [6, 6.07) is 0.577. The molecule has 1 aromatic rings. The van der Waals surface area contributed by atoms with Gasteiger partial charge in [0.05, 0.1) is 6.42 Å². The molecular formula is C11H14F6N4. The number of alkyl halides is 6. The van der Waals surface area contributed by atoms with Crippen LogP contribution in [0.15, 0.2) is 6.07 Å². The Kier molecular flexibility index (Phi) is 5.62. The van der Waals surface area contributed by atoms with E-state index in [-0.39, 0.29) is 11.8 Å². The zero-order valence-electron chi connectivity index (χ0n) is 11.1. The molecule has 1 rings (SSSR count). The van der Waals surface area contributed by atoms with E-state index in [0.29, 0.717) is 19.0 Å². The van der Waals surface area contributed by atoms with Gasteiger partial charge < -0.3 is 10.6 Å². The van der Waals surface area contributed by atoms with Crippen molar-refractivity contribution in [1.29, 1.82) is 0 Å². The Balaban J connectivity index is 2.86. The van der Waals surface area contributed by atoms with Gasteiger partial charge >= 0.3 is 12.4 Å². The molecule has 0 aromatic carbocycles. The molecule has 0 aliphatic carbocycles. The second-order valence-corrected chi connectivity index (χ2v) is 4.18. The quantitative estimate of drug-likeness (QED) is 0.786. The second-order valence-electron chi connectivity index (χ2n) is 4.18. The maximum absolute atomic E-state index is 12.7. The smallest absolute Gasteiger partial charge is 0.370 e. The van der Waals surface area contributed by atoms with Crippen molar-refractivity contribution < 1.29 is 26.3 Å². The van der Waals surface area contributed by atoms with E-state index >= 15 is 0 Å². The number of nitrogens with one attached hydrogen (secondary N) is 2. The summed E-state index contributed by atoms with van der Waals surface area (Å²) in [7, 11) is 0. The topological polar surface area (TPSA) is 49.8 Å². The monoisotopic (exact) mass is 316 g/mol. The van der Waals surface area contributed by atoms with Gasteiger partial charge in [-0.2, -0.15) is 31.3 Å². The van der Waals surface area contributed by atoms with Gasteiger partial charge in [-0.15, -0.1) is 0 Å². The average Bonchev–Trinajstić information content (AvgIpc) is 2.33. The molecule has 0 saturated carbocycles. The largest absolute Gasteiger partial charge is 0.433 e. The van der Waals surface area contributed by atoms with E-state index in [1.807, 2.05) is 0 Å². The maximum Gasteiger partial charge on any atom is 0.433 e. The Morgan fingerprint density at radius 1 is 1.00 bits per heavy atom. The van der Waals surface area contributed by atoms with Gasteiger partial charge in [-0.25, -0.2) is 4.98 Å². The summed E-state index contributed by atoms with van der Waals surface area (Å²) in [5.41, 5.74) is -1.22. The second kappa shape index (κ2) is 6.81. The van der Waals surface area contributed by atoms with Gasteiger partial charge in [0, 0.05) is 19.2 Å². The van der Waals surface area contributed by atoms with Crippen LogP contribution in [-0.2, 0) is 6.18 Å². The molecule has 0 amide bonds. The van der Waals surface area contributed by atoms with Crippen molar-refractivity contribution >= 4 is 11.8 Å². The van der Waals surface area contributed by atoms with E-state index in [4.69, 9.17) is 0 Å². The first kappa shape index (κ1) is 17.3. The number of aromatic nitrogens is 2. The van der Waals surface area contributed by atoms with Crippen molar-refractivity contribution in [3.05, 3.63) is 11.8 Å². The number of anilines is 2. The minimum absolute atomic E-state index is 0.277. The highest BCUT2D eigenvalue weighted by molar-refractivity contribution is 5.43. The van der Waals surface area contributed by atoms with Crippen LogP contribution in [-0.4, -0.2) is 29.2 Å². The van der Waals surface area contributed by atoms with Crippen LogP contribution in [0.5, 0.6) is 0 Å². The molecule has 0 unspecified atom stereocenters. The van der Waals surface area contributed by atoms with Gasteiger partial charge in [0.1, 0.15) is 5.82 Å². The molecule has 1 aromatic heterocycles. The van der Waals surface area contributed by atoms with E-state index in [9.17, 15) is 26.3 Å². The summed E-state index contributed by atoms with van der Waals surface area (Å²) < 4.78 is 74.0. The summed E-state index contributed by atoms with van der Waals surface area (Å²) in [6.45, 7) is 1.58. The Morgan fingerprint density at radius 2 is 1.67 bits per heavy atom. The van der Waals surface area contributed by atoms with Crippen LogP contribution in [0, 0.1) is 0 Å². The lowest BCUT2D eigenvalue weighted by molar-refractivity contribution is -0.141. The zero-order valence-corrected chi connectivity index (χ0v) is 11.1. The van der Waals surface area contributed by atoms with Crippen molar-refractivity contribution in [2.75, 3.05) is 23.7 Å². The summed E-state index contributed by atoms with van der Waals surface area (Å²) in [5.74, 6) is -0.582. The summed E-state index contributed by atoms with van der Waals surface area (Å²) in [6.07, 6.45) is -9.63. The number of hydrogen-bond donors (Lipinski definition) is 2. The van der Waals surface area contributed by atoms with Crippen LogP contribution in [0.4, 0.5) is 38.1 Å². The van der Waals surface area contributed by atoms with Crippen molar-refractivity contribution in [2.24, 2.45) is 0 Å². The van der Waals surface area contributed by atoms with Gasteiger partial charge in [-0.1, -0.05) is 6.92 Å². The van der Waals surface area contributed by atoms with Crippen LogP contribution < -0.4 is 10.6 Å². The highest BCUT2D eigenvalue weighted by Gasteiger charge is 2.34.